The van der Waals surface area contributed by atoms with Crippen LogP contribution in [0.2, 0.25) is 0 Å². The summed E-state index contributed by atoms with van der Waals surface area (Å²) in [5.74, 6) is 0.0202. The van der Waals surface area contributed by atoms with Crippen molar-refractivity contribution in [3.05, 3.63) is 23.8 Å². The van der Waals surface area contributed by atoms with Gasteiger partial charge in [-0.1, -0.05) is 13.8 Å². The molecule has 11 heteroatoms. The number of rotatable bonds is 15. The number of nitrogens with zero attached hydrogens (tertiary/aromatic N) is 2. The number of piperidine rings is 1. The van der Waals surface area contributed by atoms with Gasteiger partial charge in [0.15, 0.2) is 0 Å². The second-order valence-corrected chi connectivity index (χ2v) is 13.4. The van der Waals surface area contributed by atoms with Crippen LogP contribution in [0.15, 0.2) is 18.2 Å². The number of carbonyl (C=O) groups excluding carboxylic acids is 3. The summed E-state index contributed by atoms with van der Waals surface area (Å²) in [4.78, 5) is 44.2. The number of aliphatic hydroxyl groups is 1. The average molecular weight is 620 g/mol. The molecule has 1 aromatic carbocycles. The molecule has 0 radical (unpaired) electrons. The second kappa shape index (κ2) is 16.3. The molecule has 2 N–H and O–H groups in total. The van der Waals surface area contributed by atoms with Gasteiger partial charge in [0.25, 0.3) is 0 Å². The van der Waals surface area contributed by atoms with E-state index in [9.17, 15) is 19.5 Å². The van der Waals surface area contributed by atoms with Crippen molar-refractivity contribution in [2.45, 2.75) is 91.0 Å². The molecular formula is C33H53N3O8. The fraction of sp³-hybridized carbons (Fsp3) is 0.727. The number of nitrogens with one attached hydrogen (secondary N) is 1. The molecular weight excluding hydrogens is 566 g/mol. The monoisotopic (exact) mass is 619 g/mol. The van der Waals surface area contributed by atoms with Crippen LogP contribution >= 0.6 is 0 Å². The smallest absolute Gasteiger partial charge is 0.410 e. The third-order valence-electron chi connectivity index (χ3n) is 7.71. The maximum absolute atomic E-state index is 14.2. The van der Waals surface area contributed by atoms with Gasteiger partial charge < -0.3 is 39.2 Å². The Kier molecular flexibility index (Phi) is 13.1. The summed E-state index contributed by atoms with van der Waals surface area (Å²) < 4.78 is 22.2. The van der Waals surface area contributed by atoms with Crippen LogP contribution in [0.1, 0.15) is 72.3 Å². The maximum Gasteiger partial charge on any atom is 0.410 e. The third-order valence-corrected chi connectivity index (χ3v) is 7.71. The molecule has 1 heterocycles. The fourth-order valence-electron chi connectivity index (χ4n) is 5.53. The van der Waals surface area contributed by atoms with E-state index in [4.69, 9.17) is 18.9 Å². The number of hydrogen-bond acceptors (Lipinski definition) is 8. The van der Waals surface area contributed by atoms with Crippen LogP contribution in [0, 0.1) is 17.8 Å². The van der Waals surface area contributed by atoms with E-state index in [2.05, 4.69) is 5.32 Å². The Labute approximate surface area is 262 Å². The van der Waals surface area contributed by atoms with E-state index in [-0.39, 0.29) is 43.5 Å². The number of aliphatic hydroxyl groups excluding tert-OH is 1. The first-order valence-corrected chi connectivity index (χ1v) is 15.8. The van der Waals surface area contributed by atoms with Crippen molar-refractivity contribution in [2.24, 2.45) is 17.8 Å². The molecule has 0 aromatic heterocycles. The largest absolute Gasteiger partial charge is 0.497 e. The summed E-state index contributed by atoms with van der Waals surface area (Å²) in [6.45, 7) is 11.0. The Balaban J connectivity index is 1.82. The van der Waals surface area contributed by atoms with E-state index < -0.39 is 29.6 Å². The average Bonchev–Trinajstić information content (AvgIpc) is 3.81. The molecule has 1 aliphatic heterocycles. The first-order valence-electron chi connectivity index (χ1n) is 15.8. The summed E-state index contributed by atoms with van der Waals surface area (Å²) in [7, 11) is 3.25. The van der Waals surface area contributed by atoms with Gasteiger partial charge in [0.1, 0.15) is 17.1 Å². The van der Waals surface area contributed by atoms with Crippen LogP contribution < -0.4 is 14.8 Å². The molecule has 44 heavy (non-hydrogen) atoms. The molecule has 1 saturated carbocycles. The summed E-state index contributed by atoms with van der Waals surface area (Å²) in [5, 5.41) is 12.8. The molecule has 1 aliphatic carbocycles. The molecule has 3 rings (SSSR count). The lowest BCUT2D eigenvalue weighted by atomic mass is 9.87. The SMILES string of the molecule is COCCCOc1cc(CN(C(=O)[C@@H]2C[C@H](C(=O)NC(CO)CC(C)C)CN(C(=O)OC(C)(C)C)C2)C2CC2)cc(OC)c1. The van der Waals surface area contributed by atoms with Crippen molar-refractivity contribution in [3.8, 4) is 11.5 Å². The van der Waals surface area contributed by atoms with E-state index in [0.717, 1.165) is 24.8 Å². The zero-order valence-electron chi connectivity index (χ0n) is 27.6. The standard InChI is InChI=1S/C33H53N3O8/c1-22(2)13-26(21-37)34-30(38)24-16-25(20-35(19-24)32(40)44-33(3,4)5)31(39)36(27-9-10-27)18-23-14-28(42-7)17-29(15-23)43-12-8-11-41-6/h14-15,17,22,24-27,37H,8-13,16,18-21H2,1-7H3,(H,34,38)/t24-,25+,26?/m0/s1. The van der Waals surface area contributed by atoms with Crippen molar-refractivity contribution in [2.75, 3.05) is 47.1 Å². The Morgan fingerprint density at radius 3 is 2.32 bits per heavy atom. The lowest BCUT2D eigenvalue weighted by molar-refractivity contribution is -0.140. The molecule has 2 fully saturated rings. The Morgan fingerprint density at radius 2 is 1.73 bits per heavy atom. The molecule has 2 aliphatic rings. The lowest BCUT2D eigenvalue weighted by Gasteiger charge is -2.39. The molecule has 0 bridgehead atoms. The van der Waals surface area contributed by atoms with E-state index in [1.807, 2.05) is 36.9 Å². The number of carbonyl (C=O) groups is 3. The van der Waals surface area contributed by atoms with E-state index in [1.165, 1.54) is 4.90 Å². The highest BCUT2D eigenvalue weighted by atomic mass is 16.6. The Morgan fingerprint density at radius 1 is 1.05 bits per heavy atom. The summed E-state index contributed by atoms with van der Waals surface area (Å²) in [6.07, 6.45) is 2.93. The number of methoxy groups -OCH3 is 2. The van der Waals surface area contributed by atoms with Crippen molar-refractivity contribution in [1.82, 2.24) is 15.1 Å². The van der Waals surface area contributed by atoms with Crippen molar-refractivity contribution in [3.63, 3.8) is 0 Å². The quantitative estimate of drug-likeness (QED) is 0.282. The summed E-state index contributed by atoms with van der Waals surface area (Å²) >= 11 is 0. The second-order valence-electron chi connectivity index (χ2n) is 13.4. The molecule has 0 spiro atoms. The van der Waals surface area contributed by atoms with Gasteiger partial charge in [0, 0.05) is 51.9 Å². The van der Waals surface area contributed by atoms with Crippen LogP contribution in [-0.4, -0.2) is 97.6 Å². The van der Waals surface area contributed by atoms with Crippen molar-refractivity contribution < 1.29 is 38.4 Å². The molecule has 1 aromatic rings. The Hall–Kier alpha value is -3.05. The molecule has 248 valence electrons. The molecule has 1 saturated heterocycles. The van der Waals surface area contributed by atoms with Crippen LogP contribution in [0.3, 0.4) is 0 Å². The summed E-state index contributed by atoms with van der Waals surface area (Å²) in [6, 6.07) is 5.34. The number of benzene rings is 1. The van der Waals surface area contributed by atoms with Gasteiger partial charge in [-0.25, -0.2) is 4.79 Å². The minimum Gasteiger partial charge on any atom is -0.497 e. The van der Waals surface area contributed by atoms with Gasteiger partial charge in [-0.15, -0.1) is 0 Å². The number of amides is 3. The molecule has 1 unspecified atom stereocenters. The minimum atomic E-state index is -0.721. The van der Waals surface area contributed by atoms with Gasteiger partial charge in [-0.2, -0.15) is 0 Å². The van der Waals surface area contributed by atoms with Crippen LogP contribution in [0.5, 0.6) is 11.5 Å². The third kappa shape index (κ3) is 11.1. The predicted octanol–water partition coefficient (Wildman–Crippen LogP) is 4.00. The van der Waals surface area contributed by atoms with Gasteiger partial charge in [0.05, 0.1) is 38.2 Å². The first kappa shape index (κ1) is 35.4. The van der Waals surface area contributed by atoms with Gasteiger partial charge in [-0.3, -0.25) is 9.59 Å². The van der Waals surface area contributed by atoms with Crippen LogP contribution in [-0.2, 0) is 25.6 Å². The highest BCUT2D eigenvalue weighted by molar-refractivity contribution is 5.84. The number of hydrogen-bond donors (Lipinski definition) is 2. The van der Waals surface area contributed by atoms with Gasteiger partial charge in [0.2, 0.25) is 11.8 Å². The zero-order chi connectivity index (χ0) is 32.4. The normalized spacial score (nSPS) is 19.3. The first-order chi connectivity index (χ1) is 20.8. The highest BCUT2D eigenvalue weighted by Gasteiger charge is 2.43. The lowest BCUT2D eigenvalue weighted by Crippen LogP contribution is -2.54. The van der Waals surface area contributed by atoms with Crippen molar-refractivity contribution in [1.29, 1.82) is 0 Å². The minimum absolute atomic E-state index is 0.0914. The van der Waals surface area contributed by atoms with Gasteiger partial charge in [-0.05, 0) is 70.1 Å². The highest BCUT2D eigenvalue weighted by Crippen LogP contribution is 2.34. The van der Waals surface area contributed by atoms with Crippen molar-refractivity contribution >= 4 is 17.9 Å². The van der Waals surface area contributed by atoms with Gasteiger partial charge >= 0.3 is 6.09 Å². The topological polar surface area (TPSA) is 127 Å². The molecule has 3 amide bonds. The fourth-order valence-corrected chi connectivity index (χ4v) is 5.53. The van der Waals surface area contributed by atoms with E-state index in [0.29, 0.717) is 44.1 Å². The maximum atomic E-state index is 14.2. The number of likely N-dealkylation sites (tertiary alicyclic amines) is 1. The molecule has 11 nitrogen and oxygen atoms in total. The number of ether oxygens (including phenoxy) is 4. The van der Waals surface area contributed by atoms with Crippen LogP contribution in [0.4, 0.5) is 4.79 Å². The van der Waals surface area contributed by atoms with E-state index in [1.54, 1.807) is 35.0 Å². The predicted molar refractivity (Wildman–Crippen MR) is 166 cm³/mol. The summed E-state index contributed by atoms with van der Waals surface area (Å²) in [5.41, 5.74) is 0.153. The van der Waals surface area contributed by atoms with E-state index >= 15 is 0 Å². The molecule has 3 atom stereocenters. The Bertz CT molecular complexity index is 1100. The zero-order valence-corrected chi connectivity index (χ0v) is 27.6. The van der Waals surface area contributed by atoms with Crippen LogP contribution in [0.25, 0.3) is 0 Å².